The fraction of sp³-hybridized carbons (Fsp3) is 0.174. The Labute approximate surface area is 201 Å². The zero-order valence-corrected chi connectivity index (χ0v) is 20.1. The number of halogens is 1. The van der Waals surface area contributed by atoms with Crippen molar-refractivity contribution in [2.75, 3.05) is 18.9 Å². The van der Waals surface area contributed by atoms with Crippen molar-refractivity contribution in [1.82, 2.24) is 15.0 Å². The van der Waals surface area contributed by atoms with Gasteiger partial charge in [-0.2, -0.15) is 0 Å². The van der Waals surface area contributed by atoms with Gasteiger partial charge in [0.2, 0.25) is 5.82 Å². The van der Waals surface area contributed by atoms with Gasteiger partial charge in [-0.1, -0.05) is 23.7 Å². The van der Waals surface area contributed by atoms with E-state index in [0.29, 0.717) is 33.1 Å². The number of nitrogens with one attached hydrogen (secondary N) is 1. The van der Waals surface area contributed by atoms with Crippen LogP contribution < -0.4 is 18.9 Å². The smallest absolute Gasteiger partial charge is 0.263 e. The maximum Gasteiger partial charge on any atom is 0.263 e. The van der Waals surface area contributed by atoms with Gasteiger partial charge in [-0.15, -0.1) is 0 Å². The number of fused-ring (bicyclic) bond motifs is 1. The van der Waals surface area contributed by atoms with E-state index in [1.54, 1.807) is 56.6 Å². The van der Waals surface area contributed by atoms with Crippen LogP contribution in [0.1, 0.15) is 11.1 Å². The van der Waals surface area contributed by atoms with E-state index in [1.165, 1.54) is 19.4 Å². The highest BCUT2D eigenvalue weighted by molar-refractivity contribution is 7.92. The molecule has 4 rings (SSSR count). The molecule has 0 fully saturated rings. The molecule has 2 aromatic carbocycles. The highest BCUT2D eigenvalue weighted by Gasteiger charge is 2.22. The molecule has 0 saturated heterocycles. The predicted molar refractivity (Wildman–Crippen MR) is 128 cm³/mol. The summed E-state index contributed by atoms with van der Waals surface area (Å²) in [5.41, 5.74) is 2.08. The van der Waals surface area contributed by atoms with Crippen molar-refractivity contribution in [2.24, 2.45) is 0 Å². The molecule has 176 valence electrons. The number of methoxy groups -OCH3 is 2. The highest BCUT2D eigenvalue weighted by atomic mass is 35.5. The van der Waals surface area contributed by atoms with Gasteiger partial charge in [-0.3, -0.25) is 9.71 Å². The molecule has 0 aliphatic heterocycles. The monoisotopic (exact) mass is 500 g/mol. The molecule has 0 unspecified atom stereocenters. The lowest BCUT2D eigenvalue weighted by Crippen LogP contribution is -2.17. The molecule has 34 heavy (non-hydrogen) atoms. The molecule has 4 aromatic rings. The van der Waals surface area contributed by atoms with Crippen LogP contribution >= 0.6 is 11.6 Å². The SMILES string of the molecule is COc1ccc(COc2nc3cnccc3nc2NS(=O)(=O)c2cccc(Cl)c2C)cc1OC. The molecule has 0 spiro atoms. The topological polar surface area (TPSA) is 113 Å². The Morgan fingerprint density at radius 1 is 1.00 bits per heavy atom. The summed E-state index contributed by atoms with van der Waals surface area (Å²) in [4.78, 5) is 12.9. The van der Waals surface area contributed by atoms with Gasteiger partial charge in [0.1, 0.15) is 12.1 Å². The summed E-state index contributed by atoms with van der Waals surface area (Å²) >= 11 is 6.13. The average Bonchev–Trinajstić information content (AvgIpc) is 2.83. The minimum atomic E-state index is -4.03. The molecule has 1 N–H and O–H groups in total. The minimum Gasteiger partial charge on any atom is -0.493 e. The van der Waals surface area contributed by atoms with E-state index in [4.69, 9.17) is 25.8 Å². The molecule has 0 amide bonds. The third kappa shape index (κ3) is 4.82. The molecule has 0 saturated carbocycles. The first-order chi connectivity index (χ1) is 16.3. The van der Waals surface area contributed by atoms with E-state index in [1.807, 2.05) is 0 Å². The second-order valence-electron chi connectivity index (χ2n) is 7.19. The number of nitrogens with zero attached hydrogens (tertiary/aromatic N) is 3. The van der Waals surface area contributed by atoms with Gasteiger partial charge in [0.05, 0.1) is 30.8 Å². The second-order valence-corrected chi connectivity index (χ2v) is 9.25. The molecule has 0 atom stereocenters. The van der Waals surface area contributed by atoms with Crippen molar-refractivity contribution in [2.45, 2.75) is 18.4 Å². The predicted octanol–water partition coefficient (Wildman–Crippen LogP) is 4.38. The standard InChI is InChI=1S/C23H21ClN4O5S/c1-14-16(24)5-4-6-21(14)34(29,30)28-22-23(27-18-12-25-10-9-17(18)26-22)33-13-15-7-8-19(31-2)20(11-15)32-3/h4-12H,13H2,1-3H3,(H,26,28). The Balaban J connectivity index is 1.70. The number of benzene rings is 2. The maximum atomic E-state index is 13.2. The quantitative estimate of drug-likeness (QED) is 0.379. The van der Waals surface area contributed by atoms with Gasteiger partial charge < -0.3 is 14.2 Å². The number of aromatic nitrogens is 3. The molecular weight excluding hydrogens is 480 g/mol. The number of rotatable bonds is 8. The van der Waals surface area contributed by atoms with E-state index in [9.17, 15) is 8.42 Å². The van der Waals surface area contributed by atoms with Crippen molar-refractivity contribution in [3.8, 4) is 17.4 Å². The van der Waals surface area contributed by atoms with Crippen molar-refractivity contribution in [3.63, 3.8) is 0 Å². The van der Waals surface area contributed by atoms with Gasteiger partial charge in [0, 0.05) is 11.2 Å². The van der Waals surface area contributed by atoms with E-state index in [-0.39, 0.29) is 23.2 Å². The molecule has 0 aliphatic rings. The Bertz CT molecular complexity index is 1460. The van der Waals surface area contributed by atoms with Crippen LogP contribution in [0.5, 0.6) is 17.4 Å². The van der Waals surface area contributed by atoms with E-state index < -0.39 is 10.0 Å². The molecule has 0 bridgehead atoms. The van der Waals surface area contributed by atoms with Crippen LogP contribution in [0, 0.1) is 6.92 Å². The zero-order chi connectivity index (χ0) is 24.3. The van der Waals surface area contributed by atoms with Gasteiger partial charge in [-0.25, -0.2) is 18.4 Å². The third-order valence-corrected chi connectivity index (χ3v) is 6.89. The van der Waals surface area contributed by atoms with Crippen molar-refractivity contribution < 1.29 is 22.6 Å². The highest BCUT2D eigenvalue weighted by Crippen LogP contribution is 2.31. The van der Waals surface area contributed by atoms with Crippen LogP contribution in [-0.4, -0.2) is 37.6 Å². The van der Waals surface area contributed by atoms with Crippen LogP contribution in [0.4, 0.5) is 5.82 Å². The first-order valence-corrected chi connectivity index (χ1v) is 11.9. The number of ether oxygens (including phenoxy) is 3. The number of anilines is 1. The number of sulfonamides is 1. The first kappa shape index (κ1) is 23.5. The summed E-state index contributed by atoms with van der Waals surface area (Å²) in [6.07, 6.45) is 3.06. The maximum absolute atomic E-state index is 13.2. The summed E-state index contributed by atoms with van der Waals surface area (Å²) in [6.45, 7) is 1.70. The van der Waals surface area contributed by atoms with Crippen molar-refractivity contribution >= 4 is 38.5 Å². The summed E-state index contributed by atoms with van der Waals surface area (Å²) in [6, 6.07) is 11.6. The van der Waals surface area contributed by atoms with Crippen LogP contribution in [-0.2, 0) is 16.6 Å². The number of hydrogen-bond acceptors (Lipinski definition) is 8. The number of pyridine rings is 1. The van der Waals surface area contributed by atoms with Crippen LogP contribution in [0.15, 0.2) is 59.8 Å². The van der Waals surface area contributed by atoms with Gasteiger partial charge >= 0.3 is 0 Å². The summed E-state index contributed by atoms with van der Waals surface area (Å²) < 4.78 is 45.3. The van der Waals surface area contributed by atoms with Gasteiger partial charge in [0.25, 0.3) is 15.9 Å². The van der Waals surface area contributed by atoms with Crippen LogP contribution in [0.3, 0.4) is 0 Å². The van der Waals surface area contributed by atoms with E-state index >= 15 is 0 Å². The Morgan fingerprint density at radius 2 is 1.79 bits per heavy atom. The molecular formula is C23H21ClN4O5S. The Hall–Kier alpha value is -3.63. The van der Waals surface area contributed by atoms with E-state index in [0.717, 1.165) is 5.56 Å². The molecule has 0 radical (unpaired) electrons. The molecule has 9 nitrogen and oxygen atoms in total. The van der Waals surface area contributed by atoms with Crippen molar-refractivity contribution in [3.05, 3.63) is 71.0 Å². The number of hydrogen-bond donors (Lipinski definition) is 1. The summed E-state index contributed by atoms with van der Waals surface area (Å²) in [7, 11) is -0.944. The normalized spacial score (nSPS) is 11.3. The van der Waals surface area contributed by atoms with Gasteiger partial charge in [0.15, 0.2) is 11.5 Å². The molecule has 2 heterocycles. The Kier molecular flexibility index (Phi) is 6.71. The van der Waals surface area contributed by atoms with Crippen molar-refractivity contribution in [1.29, 1.82) is 0 Å². The van der Waals surface area contributed by atoms with Crippen LogP contribution in [0.2, 0.25) is 5.02 Å². The molecule has 0 aliphatic carbocycles. The zero-order valence-electron chi connectivity index (χ0n) is 18.6. The average molecular weight is 501 g/mol. The third-order valence-electron chi connectivity index (χ3n) is 5.00. The minimum absolute atomic E-state index is 0.00135. The fourth-order valence-corrected chi connectivity index (χ4v) is 4.74. The summed E-state index contributed by atoms with van der Waals surface area (Å²) in [5, 5.41) is 0.337. The van der Waals surface area contributed by atoms with Crippen LogP contribution in [0.25, 0.3) is 11.0 Å². The van der Waals surface area contributed by atoms with E-state index in [2.05, 4.69) is 19.7 Å². The fourth-order valence-electron chi connectivity index (χ4n) is 3.24. The lowest BCUT2D eigenvalue weighted by atomic mass is 10.2. The lowest BCUT2D eigenvalue weighted by Gasteiger charge is -2.15. The molecule has 2 aromatic heterocycles. The van der Waals surface area contributed by atoms with Gasteiger partial charge in [-0.05, 0) is 48.4 Å². The first-order valence-electron chi connectivity index (χ1n) is 10.1. The Morgan fingerprint density at radius 3 is 2.56 bits per heavy atom. The largest absolute Gasteiger partial charge is 0.493 e. The lowest BCUT2D eigenvalue weighted by molar-refractivity contribution is 0.294. The molecule has 11 heteroatoms. The summed E-state index contributed by atoms with van der Waals surface area (Å²) in [5.74, 6) is 1.06. The second kappa shape index (κ2) is 9.70.